The number of hydrogen-bond acceptors (Lipinski definition) is 2. The minimum atomic E-state index is -0.270. The lowest BCUT2D eigenvalue weighted by Gasteiger charge is -2.22. The molecule has 0 aliphatic carbocycles. The molecule has 0 radical (unpaired) electrons. The lowest BCUT2D eigenvalue weighted by Crippen LogP contribution is -2.37. The molecule has 4 nitrogen and oxygen atoms in total. The van der Waals surface area contributed by atoms with E-state index in [1.165, 1.54) is 11.8 Å². The van der Waals surface area contributed by atoms with E-state index in [0.717, 1.165) is 16.8 Å². The molecule has 0 saturated heterocycles. The zero-order valence-corrected chi connectivity index (χ0v) is 14.1. The number of anilines is 2. The maximum absolute atomic E-state index is 12.3. The van der Waals surface area contributed by atoms with Gasteiger partial charge < -0.3 is 10.2 Å². The monoisotopic (exact) mass is 330 g/mol. The Morgan fingerprint density at radius 1 is 1.09 bits per heavy atom. The number of rotatable bonds is 4. The Kier molecular flexibility index (Phi) is 5.40. The Bertz CT molecular complexity index is 744. The van der Waals surface area contributed by atoms with Gasteiger partial charge in [0.25, 0.3) is 0 Å². The zero-order valence-electron chi connectivity index (χ0n) is 13.4. The third-order valence-electron chi connectivity index (χ3n) is 3.56. The van der Waals surface area contributed by atoms with Crippen LogP contribution in [0, 0.1) is 13.8 Å². The summed E-state index contributed by atoms with van der Waals surface area (Å²) in [7, 11) is 0. The van der Waals surface area contributed by atoms with E-state index >= 15 is 0 Å². The maximum Gasteiger partial charge on any atom is 0.244 e. The van der Waals surface area contributed by atoms with Gasteiger partial charge in [0.15, 0.2) is 0 Å². The van der Waals surface area contributed by atoms with Gasteiger partial charge in [0.2, 0.25) is 11.8 Å². The van der Waals surface area contributed by atoms with Crippen LogP contribution in [0.25, 0.3) is 0 Å². The van der Waals surface area contributed by atoms with Crippen molar-refractivity contribution in [1.82, 2.24) is 0 Å². The van der Waals surface area contributed by atoms with Crippen LogP contribution >= 0.6 is 11.6 Å². The average Bonchev–Trinajstić information content (AvgIpc) is 2.49. The number of para-hydroxylation sites is 1. The minimum Gasteiger partial charge on any atom is -0.324 e. The number of nitrogens with zero attached hydrogens (tertiary/aromatic N) is 1. The lowest BCUT2D eigenvalue weighted by atomic mass is 10.1. The number of carbonyl (C=O) groups is 2. The standard InChI is InChI=1S/C18H19ClN2O2/c1-12-8-9-15(19)10-16(12)20-18(23)11-21(14(3)22)17-7-5-4-6-13(17)2/h4-10H,11H2,1-3H3,(H,20,23). The second-order valence-electron chi connectivity index (χ2n) is 5.40. The summed E-state index contributed by atoms with van der Waals surface area (Å²) in [5.41, 5.74) is 3.23. The predicted molar refractivity (Wildman–Crippen MR) is 94.0 cm³/mol. The van der Waals surface area contributed by atoms with Crippen molar-refractivity contribution in [3.63, 3.8) is 0 Å². The predicted octanol–water partition coefficient (Wildman–Crippen LogP) is 3.95. The molecule has 0 unspecified atom stereocenters. The second kappa shape index (κ2) is 7.29. The first-order valence-electron chi connectivity index (χ1n) is 7.28. The molecule has 120 valence electrons. The van der Waals surface area contributed by atoms with Crippen molar-refractivity contribution >= 4 is 34.8 Å². The highest BCUT2D eigenvalue weighted by atomic mass is 35.5. The average molecular weight is 331 g/mol. The van der Waals surface area contributed by atoms with E-state index < -0.39 is 0 Å². The molecule has 0 aliphatic rings. The van der Waals surface area contributed by atoms with Gasteiger partial charge in [-0.05, 0) is 43.2 Å². The summed E-state index contributed by atoms with van der Waals surface area (Å²) in [4.78, 5) is 25.7. The van der Waals surface area contributed by atoms with Gasteiger partial charge in [-0.2, -0.15) is 0 Å². The van der Waals surface area contributed by atoms with Crippen molar-refractivity contribution in [1.29, 1.82) is 0 Å². The van der Waals surface area contributed by atoms with Crippen LogP contribution in [-0.4, -0.2) is 18.4 Å². The Morgan fingerprint density at radius 3 is 2.43 bits per heavy atom. The van der Waals surface area contributed by atoms with E-state index in [1.54, 1.807) is 12.1 Å². The number of carbonyl (C=O) groups excluding carboxylic acids is 2. The highest BCUT2D eigenvalue weighted by Gasteiger charge is 2.17. The first-order valence-corrected chi connectivity index (χ1v) is 7.66. The summed E-state index contributed by atoms with van der Waals surface area (Å²) in [5, 5.41) is 3.36. The molecule has 0 atom stereocenters. The SMILES string of the molecule is CC(=O)N(CC(=O)Nc1cc(Cl)ccc1C)c1ccccc1C. The Labute approximate surface area is 141 Å². The molecule has 1 N–H and O–H groups in total. The number of halogens is 1. The highest BCUT2D eigenvalue weighted by molar-refractivity contribution is 6.31. The third kappa shape index (κ3) is 4.33. The van der Waals surface area contributed by atoms with Crippen molar-refractivity contribution in [2.75, 3.05) is 16.8 Å². The largest absolute Gasteiger partial charge is 0.324 e. The summed E-state index contributed by atoms with van der Waals surface area (Å²) < 4.78 is 0. The molecule has 2 rings (SSSR count). The normalized spacial score (nSPS) is 10.3. The molecule has 0 heterocycles. The molecule has 0 aliphatic heterocycles. The molecule has 0 bridgehead atoms. The number of amides is 2. The Balaban J connectivity index is 2.18. The summed E-state index contributed by atoms with van der Waals surface area (Å²) in [6, 6.07) is 12.8. The van der Waals surface area contributed by atoms with Crippen molar-refractivity contribution < 1.29 is 9.59 Å². The van der Waals surface area contributed by atoms with Crippen LogP contribution in [0.2, 0.25) is 5.02 Å². The molecule has 0 spiro atoms. The molecule has 23 heavy (non-hydrogen) atoms. The smallest absolute Gasteiger partial charge is 0.244 e. The number of aryl methyl sites for hydroxylation is 2. The number of benzene rings is 2. The number of hydrogen-bond donors (Lipinski definition) is 1. The summed E-state index contributed by atoms with van der Waals surface area (Å²) >= 11 is 5.96. The summed E-state index contributed by atoms with van der Waals surface area (Å²) in [5.74, 6) is -0.453. The van der Waals surface area contributed by atoms with Crippen LogP contribution < -0.4 is 10.2 Å². The van der Waals surface area contributed by atoms with Gasteiger partial charge in [-0.15, -0.1) is 0 Å². The van der Waals surface area contributed by atoms with Crippen molar-refractivity contribution in [2.45, 2.75) is 20.8 Å². The molecule has 5 heteroatoms. The molecule has 0 aromatic heterocycles. The fraction of sp³-hybridized carbons (Fsp3) is 0.222. The van der Waals surface area contributed by atoms with Crippen LogP contribution in [0.5, 0.6) is 0 Å². The molecule has 2 aromatic carbocycles. The Hall–Kier alpha value is -2.33. The first-order chi connectivity index (χ1) is 10.9. The zero-order chi connectivity index (χ0) is 17.0. The van der Waals surface area contributed by atoms with Crippen molar-refractivity contribution in [3.05, 3.63) is 58.6 Å². The lowest BCUT2D eigenvalue weighted by molar-refractivity contribution is -0.120. The minimum absolute atomic E-state index is 0.0495. The molecule has 2 amide bonds. The molecular formula is C18H19ClN2O2. The maximum atomic E-state index is 12.3. The van der Waals surface area contributed by atoms with E-state index in [1.807, 2.05) is 44.2 Å². The molecule has 0 saturated carbocycles. The summed E-state index contributed by atoms with van der Waals surface area (Å²) in [6.07, 6.45) is 0. The van der Waals surface area contributed by atoms with Gasteiger partial charge in [-0.1, -0.05) is 35.9 Å². The fourth-order valence-electron chi connectivity index (χ4n) is 2.29. The molecular weight excluding hydrogens is 312 g/mol. The highest BCUT2D eigenvalue weighted by Crippen LogP contribution is 2.22. The van der Waals surface area contributed by atoms with E-state index in [4.69, 9.17) is 11.6 Å². The van der Waals surface area contributed by atoms with Crippen LogP contribution in [0.4, 0.5) is 11.4 Å². The molecule has 0 fully saturated rings. The van der Waals surface area contributed by atoms with Gasteiger partial charge in [-0.25, -0.2) is 0 Å². The summed E-state index contributed by atoms with van der Waals surface area (Å²) in [6.45, 7) is 5.19. The van der Waals surface area contributed by atoms with Gasteiger partial charge in [0.1, 0.15) is 6.54 Å². The van der Waals surface area contributed by atoms with Gasteiger partial charge in [-0.3, -0.25) is 9.59 Å². The number of nitrogens with one attached hydrogen (secondary N) is 1. The van der Waals surface area contributed by atoms with E-state index in [9.17, 15) is 9.59 Å². The quantitative estimate of drug-likeness (QED) is 0.922. The van der Waals surface area contributed by atoms with Gasteiger partial charge >= 0.3 is 0 Å². The first kappa shape index (κ1) is 17.0. The second-order valence-corrected chi connectivity index (χ2v) is 5.84. The van der Waals surface area contributed by atoms with Gasteiger partial charge in [0.05, 0.1) is 0 Å². The molecule has 2 aromatic rings. The van der Waals surface area contributed by atoms with E-state index in [2.05, 4.69) is 5.32 Å². The van der Waals surface area contributed by atoms with E-state index in [0.29, 0.717) is 10.7 Å². The van der Waals surface area contributed by atoms with Crippen LogP contribution in [0.15, 0.2) is 42.5 Å². The fourth-order valence-corrected chi connectivity index (χ4v) is 2.47. The van der Waals surface area contributed by atoms with Crippen molar-refractivity contribution in [2.24, 2.45) is 0 Å². The third-order valence-corrected chi connectivity index (χ3v) is 3.80. The van der Waals surface area contributed by atoms with Crippen LogP contribution in [0.1, 0.15) is 18.1 Å². The van der Waals surface area contributed by atoms with Crippen LogP contribution in [0.3, 0.4) is 0 Å². The van der Waals surface area contributed by atoms with Crippen molar-refractivity contribution in [3.8, 4) is 0 Å². The topological polar surface area (TPSA) is 49.4 Å². The Morgan fingerprint density at radius 2 is 1.78 bits per heavy atom. The van der Waals surface area contributed by atoms with Crippen LogP contribution in [-0.2, 0) is 9.59 Å². The van der Waals surface area contributed by atoms with E-state index in [-0.39, 0.29) is 18.4 Å². The van der Waals surface area contributed by atoms with Gasteiger partial charge in [0, 0.05) is 23.3 Å².